The van der Waals surface area contributed by atoms with E-state index in [0.29, 0.717) is 12.2 Å². The Balaban J connectivity index is 0.00000220. The molecule has 0 unspecified atom stereocenters. The molecule has 5 heteroatoms. The lowest BCUT2D eigenvalue weighted by atomic mass is 10.1. The average molecular weight is 310 g/mol. The molecule has 0 bridgehead atoms. The third-order valence-electron chi connectivity index (χ3n) is 2.89. The molecular formula is C16H20ClNO3. The number of hydrogen-bond donors (Lipinski definition) is 1. The second kappa shape index (κ2) is 8.49. The quantitative estimate of drug-likeness (QED) is 0.827. The van der Waals surface area contributed by atoms with Gasteiger partial charge in [0.05, 0.1) is 18.7 Å². The number of nitrogens with one attached hydrogen (secondary N) is 1. The van der Waals surface area contributed by atoms with Crippen LogP contribution in [0.25, 0.3) is 11.3 Å². The molecule has 0 aliphatic heterocycles. The van der Waals surface area contributed by atoms with Crippen LogP contribution in [0.3, 0.4) is 0 Å². The molecule has 0 saturated heterocycles. The number of furan rings is 1. The fraction of sp³-hybridized carbons (Fsp3) is 0.312. The van der Waals surface area contributed by atoms with Gasteiger partial charge in [-0.15, -0.1) is 12.4 Å². The predicted octanol–water partition coefficient (Wildman–Crippen LogP) is 3.65. The maximum absolute atomic E-state index is 11.6. The summed E-state index contributed by atoms with van der Waals surface area (Å²) in [6.45, 7) is 5.85. The zero-order valence-corrected chi connectivity index (χ0v) is 13.0. The monoisotopic (exact) mass is 309 g/mol. The number of esters is 1. The third-order valence-corrected chi connectivity index (χ3v) is 2.89. The maximum Gasteiger partial charge on any atom is 0.338 e. The molecule has 1 aromatic carbocycles. The van der Waals surface area contributed by atoms with Crippen molar-refractivity contribution >= 4 is 18.4 Å². The van der Waals surface area contributed by atoms with Crippen molar-refractivity contribution in [2.45, 2.75) is 20.4 Å². The van der Waals surface area contributed by atoms with Crippen LogP contribution in [0.15, 0.2) is 40.8 Å². The van der Waals surface area contributed by atoms with Crippen molar-refractivity contribution in [2.24, 2.45) is 0 Å². The summed E-state index contributed by atoms with van der Waals surface area (Å²) in [5.74, 6) is 1.40. The Bertz CT molecular complexity index is 563. The minimum atomic E-state index is -0.300. The molecule has 0 aliphatic carbocycles. The molecule has 1 N–H and O–H groups in total. The highest BCUT2D eigenvalue weighted by Crippen LogP contribution is 2.22. The van der Waals surface area contributed by atoms with Crippen LogP contribution in [0.4, 0.5) is 0 Å². The van der Waals surface area contributed by atoms with Crippen LogP contribution in [-0.2, 0) is 11.3 Å². The first-order valence-corrected chi connectivity index (χ1v) is 6.81. The molecule has 114 valence electrons. The van der Waals surface area contributed by atoms with Crippen molar-refractivity contribution in [1.82, 2.24) is 5.32 Å². The fourth-order valence-corrected chi connectivity index (χ4v) is 1.86. The van der Waals surface area contributed by atoms with Crippen molar-refractivity contribution in [3.63, 3.8) is 0 Å². The van der Waals surface area contributed by atoms with E-state index in [9.17, 15) is 4.79 Å². The van der Waals surface area contributed by atoms with Gasteiger partial charge in [-0.3, -0.25) is 0 Å². The summed E-state index contributed by atoms with van der Waals surface area (Å²) in [5, 5.41) is 3.21. The normalized spacial score (nSPS) is 10.0. The van der Waals surface area contributed by atoms with Crippen LogP contribution in [0.1, 0.15) is 30.0 Å². The molecule has 1 aromatic heterocycles. The maximum atomic E-state index is 11.6. The molecule has 4 nitrogen and oxygen atoms in total. The fourth-order valence-electron chi connectivity index (χ4n) is 1.86. The van der Waals surface area contributed by atoms with E-state index in [0.717, 1.165) is 30.2 Å². The lowest BCUT2D eigenvalue weighted by Crippen LogP contribution is -2.10. The van der Waals surface area contributed by atoms with Gasteiger partial charge in [0.15, 0.2) is 0 Å². The topological polar surface area (TPSA) is 51.5 Å². The summed E-state index contributed by atoms with van der Waals surface area (Å²) in [6, 6.07) is 11.1. The number of rotatable bonds is 6. The van der Waals surface area contributed by atoms with Crippen molar-refractivity contribution in [3.8, 4) is 11.3 Å². The molecule has 2 aromatic rings. The molecule has 0 atom stereocenters. The van der Waals surface area contributed by atoms with Gasteiger partial charge in [0.25, 0.3) is 0 Å². The van der Waals surface area contributed by atoms with E-state index in [1.54, 1.807) is 19.1 Å². The van der Waals surface area contributed by atoms with Gasteiger partial charge < -0.3 is 14.5 Å². The minimum absolute atomic E-state index is 0. The summed E-state index contributed by atoms with van der Waals surface area (Å²) >= 11 is 0. The molecule has 0 spiro atoms. The van der Waals surface area contributed by atoms with E-state index in [1.807, 2.05) is 24.3 Å². The van der Waals surface area contributed by atoms with Crippen LogP contribution in [-0.4, -0.2) is 19.1 Å². The molecule has 1 heterocycles. The van der Waals surface area contributed by atoms with E-state index < -0.39 is 0 Å². The van der Waals surface area contributed by atoms with E-state index in [1.165, 1.54) is 0 Å². The smallest absolute Gasteiger partial charge is 0.338 e. The van der Waals surface area contributed by atoms with Gasteiger partial charge in [-0.25, -0.2) is 4.79 Å². The number of ether oxygens (including phenoxy) is 1. The van der Waals surface area contributed by atoms with Crippen LogP contribution < -0.4 is 5.32 Å². The Morgan fingerprint density at radius 1 is 1.14 bits per heavy atom. The molecule has 0 amide bonds. The molecule has 0 radical (unpaired) electrons. The van der Waals surface area contributed by atoms with E-state index in [4.69, 9.17) is 9.15 Å². The van der Waals surface area contributed by atoms with Gasteiger partial charge in [-0.05, 0) is 37.7 Å². The highest BCUT2D eigenvalue weighted by atomic mass is 35.5. The first kappa shape index (κ1) is 17.3. The average Bonchev–Trinajstić information content (AvgIpc) is 2.94. The Kier molecular flexibility index (Phi) is 6.99. The van der Waals surface area contributed by atoms with E-state index in [-0.39, 0.29) is 18.4 Å². The Hall–Kier alpha value is -1.78. The first-order valence-electron chi connectivity index (χ1n) is 6.81. The lowest BCUT2D eigenvalue weighted by Gasteiger charge is -2.02. The molecular weight excluding hydrogens is 290 g/mol. The molecule has 0 fully saturated rings. The molecule has 0 aliphatic rings. The Morgan fingerprint density at radius 2 is 1.86 bits per heavy atom. The Morgan fingerprint density at radius 3 is 2.48 bits per heavy atom. The summed E-state index contributed by atoms with van der Waals surface area (Å²) in [5.41, 5.74) is 1.50. The number of halogens is 1. The van der Waals surface area contributed by atoms with Gasteiger partial charge in [-0.2, -0.15) is 0 Å². The zero-order chi connectivity index (χ0) is 14.4. The van der Waals surface area contributed by atoms with Crippen molar-refractivity contribution in [2.75, 3.05) is 13.2 Å². The Labute approximate surface area is 130 Å². The summed E-state index contributed by atoms with van der Waals surface area (Å²) in [6.07, 6.45) is 0. The van der Waals surface area contributed by atoms with Crippen molar-refractivity contribution in [3.05, 3.63) is 47.7 Å². The SMILES string of the molecule is CCNCc1ccc(-c2ccc(C(=O)OCC)cc2)o1.Cl. The van der Waals surface area contributed by atoms with Crippen LogP contribution in [0, 0.1) is 0 Å². The van der Waals surface area contributed by atoms with Crippen LogP contribution >= 0.6 is 12.4 Å². The summed E-state index contributed by atoms with van der Waals surface area (Å²) in [4.78, 5) is 11.6. The second-order valence-corrected chi connectivity index (χ2v) is 4.34. The zero-order valence-electron chi connectivity index (χ0n) is 12.2. The van der Waals surface area contributed by atoms with E-state index >= 15 is 0 Å². The van der Waals surface area contributed by atoms with Crippen molar-refractivity contribution in [1.29, 1.82) is 0 Å². The predicted molar refractivity (Wildman–Crippen MR) is 84.7 cm³/mol. The number of benzene rings is 1. The minimum Gasteiger partial charge on any atom is -0.462 e. The molecule has 2 rings (SSSR count). The number of carbonyl (C=O) groups excluding carboxylic acids is 1. The highest BCUT2D eigenvalue weighted by Gasteiger charge is 2.08. The largest absolute Gasteiger partial charge is 0.462 e. The molecule has 0 saturated carbocycles. The second-order valence-electron chi connectivity index (χ2n) is 4.34. The lowest BCUT2D eigenvalue weighted by molar-refractivity contribution is 0.0526. The third kappa shape index (κ3) is 4.62. The van der Waals surface area contributed by atoms with Gasteiger partial charge in [0, 0.05) is 5.56 Å². The van der Waals surface area contributed by atoms with Crippen LogP contribution in [0.5, 0.6) is 0 Å². The number of hydrogen-bond acceptors (Lipinski definition) is 4. The summed E-state index contributed by atoms with van der Waals surface area (Å²) in [7, 11) is 0. The number of carbonyl (C=O) groups is 1. The van der Waals surface area contributed by atoms with Gasteiger partial charge in [0.1, 0.15) is 11.5 Å². The standard InChI is InChI=1S/C16H19NO3.ClH/c1-3-17-11-14-9-10-15(20-14)12-5-7-13(8-6-12)16(18)19-4-2;/h5-10,17H,3-4,11H2,1-2H3;1H. The summed E-state index contributed by atoms with van der Waals surface area (Å²) < 4.78 is 10.7. The van der Waals surface area contributed by atoms with Crippen molar-refractivity contribution < 1.29 is 13.9 Å². The van der Waals surface area contributed by atoms with Gasteiger partial charge in [0.2, 0.25) is 0 Å². The highest BCUT2D eigenvalue weighted by molar-refractivity contribution is 5.89. The van der Waals surface area contributed by atoms with Gasteiger partial charge >= 0.3 is 5.97 Å². The first-order chi connectivity index (χ1) is 9.74. The van der Waals surface area contributed by atoms with Gasteiger partial charge in [-0.1, -0.05) is 19.1 Å². The molecule has 21 heavy (non-hydrogen) atoms. The van der Waals surface area contributed by atoms with E-state index in [2.05, 4.69) is 12.2 Å². The van der Waals surface area contributed by atoms with Crippen LogP contribution in [0.2, 0.25) is 0 Å².